The topological polar surface area (TPSA) is 86.8 Å². The molecule has 7 nitrogen and oxygen atoms in total. The Hall–Kier alpha value is -2.29. The highest BCUT2D eigenvalue weighted by Crippen LogP contribution is 2.24. The SMILES string of the molecule is CCc1ccc(N(CCCC(=O)N(Cc2ccc(Cl)c(Cl)c2)C(C)C(=O)NC(C)(C)C)S(C)(=O)=O)cc1. The molecule has 204 valence electrons. The van der Waals surface area contributed by atoms with E-state index in [9.17, 15) is 18.0 Å². The van der Waals surface area contributed by atoms with E-state index in [0.29, 0.717) is 15.7 Å². The number of hydrogen-bond donors (Lipinski definition) is 1. The first-order valence-corrected chi connectivity index (χ1v) is 14.8. The number of benzene rings is 2. The Morgan fingerprint density at radius 3 is 2.11 bits per heavy atom. The van der Waals surface area contributed by atoms with Crippen LogP contribution in [0.15, 0.2) is 42.5 Å². The van der Waals surface area contributed by atoms with Crippen molar-refractivity contribution in [3.05, 3.63) is 63.6 Å². The van der Waals surface area contributed by atoms with Crippen molar-refractivity contribution in [2.75, 3.05) is 17.1 Å². The van der Waals surface area contributed by atoms with Crippen LogP contribution in [0.2, 0.25) is 10.0 Å². The molecule has 2 aromatic rings. The van der Waals surface area contributed by atoms with Crippen molar-refractivity contribution in [2.45, 2.75) is 72.0 Å². The molecule has 1 N–H and O–H groups in total. The summed E-state index contributed by atoms with van der Waals surface area (Å²) in [4.78, 5) is 27.8. The lowest BCUT2D eigenvalue weighted by Crippen LogP contribution is -2.52. The summed E-state index contributed by atoms with van der Waals surface area (Å²) in [7, 11) is -3.55. The summed E-state index contributed by atoms with van der Waals surface area (Å²) in [5.41, 5.74) is 1.92. The summed E-state index contributed by atoms with van der Waals surface area (Å²) in [6.07, 6.45) is 2.35. The first-order chi connectivity index (χ1) is 17.1. The molecule has 0 bridgehead atoms. The molecule has 1 atom stereocenters. The van der Waals surface area contributed by atoms with E-state index < -0.39 is 21.6 Å². The Labute approximate surface area is 231 Å². The van der Waals surface area contributed by atoms with Crippen LogP contribution in [0.5, 0.6) is 0 Å². The fourth-order valence-corrected chi connectivity index (χ4v) is 5.08. The minimum atomic E-state index is -3.55. The van der Waals surface area contributed by atoms with Crippen LogP contribution < -0.4 is 9.62 Å². The second-order valence-corrected chi connectivity index (χ2v) is 12.9. The summed E-state index contributed by atoms with van der Waals surface area (Å²) < 4.78 is 26.3. The second kappa shape index (κ2) is 13.0. The molecule has 10 heteroatoms. The molecule has 2 amide bonds. The first-order valence-electron chi connectivity index (χ1n) is 12.2. The third-order valence-corrected chi connectivity index (χ3v) is 7.72. The summed E-state index contributed by atoms with van der Waals surface area (Å²) >= 11 is 12.2. The van der Waals surface area contributed by atoms with E-state index in [0.717, 1.165) is 23.8 Å². The molecule has 2 aromatic carbocycles. The van der Waals surface area contributed by atoms with Crippen molar-refractivity contribution in [1.82, 2.24) is 10.2 Å². The van der Waals surface area contributed by atoms with Gasteiger partial charge in [-0.3, -0.25) is 13.9 Å². The zero-order valence-electron chi connectivity index (χ0n) is 22.3. The number of nitrogens with one attached hydrogen (secondary N) is 1. The second-order valence-electron chi connectivity index (χ2n) is 10.1. The van der Waals surface area contributed by atoms with Gasteiger partial charge in [0.1, 0.15) is 6.04 Å². The van der Waals surface area contributed by atoms with Gasteiger partial charge in [-0.2, -0.15) is 0 Å². The molecular formula is C27H37Cl2N3O4S. The summed E-state index contributed by atoms with van der Waals surface area (Å²) in [6.45, 7) is 9.61. The van der Waals surface area contributed by atoms with Gasteiger partial charge in [-0.05, 0) is 75.9 Å². The van der Waals surface area contributed by atoms with E-state index in [1.807, 2.05) is 39.8 Å². The lowest BCUT2D eigenvalue weighted by Gasteiger charge is -2.32. The molecule has 0 spiro atoms. The molecule has 0 saturated heterocycles. The number of rotatable bonds is 11. The smallest absolute Gasteiger partial charge is 0.242 e. The third kappa shape index (κ3) is 9.51. The number of sulfonamides is 1. The lowest BCUT2D eigenvalue weighted by atomic mass is 10.1. The van der Waals surface area contributed by atoms with Crippen molar-refractivity contribution in [1.29, 1.82) is 0 Å². The third-order valence-electron chi connectivity index (χ3n) is 5.79. The Morgan fingerprint density at radius 1 is 1.00 bits per heavy atom. The van der Waals surface area contributed by atoms with Crippen LogP contribution in [-0.4, -0.2) is 49.5 Å². The maximum Gasteiger partial charge on any atom is 0.242 e. The quantitative estimate of drug-likeness (QED) is 0.390. The predicted octanol–water partition coefficient (Wildman–Crippen LogP) is 5.43. The molecule has 0 aliphatic heterocycles. The van der Waals surface area contributed by atoms with Crippen LogP contribution >= 0.6 is 23.2 Å². The number of carbonyl (C=O) groups is 2. The molecule has 2 rings (SSSR count). The largest absolute Gasteiger partial charge is 0.350 e. The number of aryl methyl sites for hydroxylation is 1. The predicted molar refractivity (Wildman–Crippen MR) is 152 cm³/mol. The van der Waals surface area contributed by atoms with E-state index in [1.54, 1.807) is 37.3 Å². The lowest BCUT2D eigenvalue weighted by molar-refractivity contribution is -0.141. The molecule has 0 radical (unpaired) electrons. The van der Waals surface area contributed by atoms with Crippen molar-refractivity contribution in [3.63, 3.8) is 0 Å². The number of hydrogen-bond acceptors (Lipinski definition) is 4. The number of halogens is 2. The number of carbonyl (C=O) groups excluding carboxylic acids is 2. The molecule has 37 heavy (non-hydrogen) atoms. The summed E-state index contributed by atoms with van der Waals surface area (Å²) in [6, 6.07) is 11.7. The van der Waals surface area contributed by atoms with Gasteiger partial charge in [0.15, 0.2) is 0 Å². The number of anilines is 1. The van der Waals surface area contributed by atoms with Crippen LogP contribution in [0.4, 0.5) is 5.69 Å². The minimum absolute atomic E-state index is 0.0630. The van der Waals surface area contributed by atoms with Crippen LogP contribution in [0.25, 0.3) is 0 Å². The van der Waals surface area contributed by atoms with Gasteiger partial charge >= 0.3 is 0 Å². The molecule has 0 fully saturated rings. The molecule has 0 aromatic heterocycles. The molecule has 1 unspecified atom stereocenters. The van der Waals surface area contributed by atoms with Crippen molar-refractivity contribution >= 4 is 50.7 Å². The minimum Gasteiger partial charge on any atom is -0.350 e. The highest BCUT2D eigenvalue weighted by Gasteiger charge is 2.28. The molecule has 0 saturated carbocycles. The normalized spacial score (nSPS) is 12.6. The Bertz CT molecular complexity index is 1200. The van der Waals surface area contributed by atoms with E-state index in [-0.39, 0.29) is 37.7 Å². The fraction of sp³-hybridized carbons (Fsp3) is 0.481. The zero-order valence-corrected chi connectivity index (χ0v) is 24.7. The van der Waals surface area contributed by atoms with Crippen LogP contribution in [-0.2, 0) is 32.6 Å². The van der Waals surface area contributed by atoms with E-state index in [2.05, 4.69) is 5.32 Å². The van der Waals surface area contributed by atoms with Crippen LogP contribution in [0.1, 0.15) is 58.6 Å². The van der Waals surface area contributed by atoms with Gasteiger partial charge in [-0.25, -0.2) is 8.42 Å². The van der Waals surface area contributed by atoms with Gasteiger partial charge in [-0.15, -0.1) is 0 Å². The molecule has 0 aliphatic rings. The van der Waals surface area contributed by atoms with Crippen molar-refractivity contribution in [2.24, 2.45) is 0 Å². The van der Waals surface area contributed by atoms with Gasteiger partial charge in [0.2, 0.25) is 21.8 Å². The van der Waals surface area contributed by atoms with Gasteiger partial charge < -0.3 is 10.2 Å². The van der Waals surface area contributed by atoms with E-state index >= 15 is 0 Å². The average Bonchev–Trinajstić information content (AvgIpc) is 2.80. The highest BCUT2D eigenvalue weighted by atomic mass is 35.5. The summed E-state index contributed by atoms with van der Waals surface area (Å²) in [5.74, 6) is -0.549. The monoisotopic (exact) mass is 569 g/mol. The average molecular weight is 571 g/mol. The van der Waals surface area contributed by atoms with Crippen LogP contribution in [0, 0.1) is 0 Å². The van der Waals surface area contributed by atoms with Gasteiger partial charge in [0, 0.05) is 25.0 Å². The van der Waals surface area contributed by atoms with Crippen LogP contribution in [0.3, 0.4) is 0 Å². The molecule has 0 aliphatic carbocycles. The first kappa shape index (κ1) is 30.9. The van der Waals surface area contributed by atoms with Gasteiger partial charge in [-0.1, -0.05) is 48.3 Å². The Balaban J connectivity index is 2.21. The Morgan fingerprint density at radius 2 is 1.59 bits per heavy atom. The van der Waals surface area contributed by atoms with Gasteiger partial charge in [0.05, 0.1) is 22.0 Å². The zero-order chi connectivity index (χ0) is 28.0. The number of amides is 2. The Kier molecular flexibility index (Phi) is 10.9. The maximum absolute atomic E-state index is 13.4. The standard InChI is InChI=1S/C27H37Cl2N3O4S/c1-7-20-10-13-22(14-11-20)32(37(6,35)36)16-8-9-25(33)31(19(2)26(34)30-27(3,4)5)18-21-12-15-23(28)24(29)17-21/h10-15,17,19H,7-9,16,18H2,1-6H3,(H,30,34). The van der Waals surface area contributed by atoms with E-state index in [4.69, 9.17) is 23.2 Å². The highest BCUT2D eigenvalue weighted by molar-refractivity contribution is 7.92. The fourth-order valence-electron chi connectivity index (χ4n) is 3.79. The van der Waals surface area contributed by atoms with Crippen molar-refractivity contribution in [3.8, 4) is 0 Å². The summed E-state index contributed by atoms with van der Waals surface area (Å²) in [5, 5.41) is 3.67. The maximum atomic E-state index is 13.4. The number of nitrogens with zero attached hydrogens (tertiary/aromatic N) is 2. The van der Waals surface area contributed by atoms with Gasteiger partial charge in [0.25, 0.3) is 0 Å². The van der Waals surface area contributed by atoms with Crippen molar-refractivity contribution < 1.29 is 18.0 Å². The molecular weight excluding hydrogens is 533 g/mol. The molecule has 0 heterocycles. The van der Waals surface area contributed by atoms with E-state index in [1.165, 1.54) is 9.21 Å².